The van der Waals surface area contributed by atoms with Crippen LogP contribution in [0.4, 0.5) is 27.6 Å². The number of hydrogen-bond donors (Lipinski definition) is 2. The monoisotopic (exact) mass is 858 g/mol. The van der Waals surface area contributed by atoms with Crippen LogP contribution in [0, 0.1) is 17.5 Å². The molecule has 1 amide bonds. The number of benzene rings is 3. The number of nitrogens with one attached hydrogen (secondary N) is 1. The molecule has 59 heavy (non-hydrogen) atoms. The molecular formula is C43H43ClF5N3O6P+. The van der Waals surface area contributed by atoms with E-state index in [-0.39, 0.29) is 79.9 Å². The van der Waals surface area contributed by atoms with Crippen LogP contribution in [0.25, 0.3) is 5.57 Å². The number of fused-ring (bicyclic) bond motifs is 2. The highest BCUT2D eigenvalue weighted by molar-refractivity contribution is 7.83. The van der Waals surface area contributed by atoms with Crippen LogP contribution in [0.1, 0.15) is 57.5 Å². The Kier molecular flexibility index (Phi) is 13.2. The van der Waals surface area contributed by atoms with Crippen molar-refractivity contribution >= 4 is 58.2 Å². The largest absolute Gasteiger partial charge is 0.478 e. The van der Waals surface area contributed by atoms with Crippen molar-refractivity contribution < 1.29 is 55.3 Å². The minimum Gasteiger partial charge on any atom is -0.478 e. The molecule has 2 saturated heterocycles. The predicted octanol–water partition coefficient (Wildman–Crippen LogP) is 6.91. The number of aromatic carboxylic acids is 1. The minimum absolute atomic E-state index is 0.0379. The lowest BCUT2D eigenvalue weighted by Gasteiger charge is -2.39. The summed E-state index contributed by atoms with van der Waals surface area (Å²) in [7, 11) is -3.99. The van der Waals surface area contributed by atoms with Crippen LogP contribution in [0.2, 0.25) is 0 Å². The van der Waals surface area contributed by atoms with Crippen LogP contribution in [0.5, 0.6) is 0 Å². The molecule has 9 nitrogen and oxygen atoms in total. The molecule has 2 N–H and O–H groups in total. The lowest BCUT2D eigenvalue weighted by atomic mass is 9.85. The van der Waals surface area contributed by atoms with Crippen LogP contribution >= 0.6 is 18.7 Å². The van der Waals surface area contributed by atoms with E-state index < -0.39 is 65.5 Å². The Morgan fingerprint density at radius 1 is 0.864 bits per heavy atom. The third kappa shape index (κ3) is 8.42. The Morgan fingerprint density at radius 3 is 2.24 bits per heavy atom. The van der Waals surface area contributed by atoms with Gasteiger partial charge in [0.25, 0.3) is 5.91 Å². The van der Waals surface area contributed by atoms with E-state index in [0.717, 1.165) is 25.7 Å². The number of carboxylic acids is 1. The van der Waals surface area contributed by atoms with Gasteiger partial charge in [0.15, 0.2) is 31.9 Å². The van der Waals surface area contributed by atoms with E-state index in [2.05, 4.69) is 5.32 Å². The molecule has 0 spiro atoms. The minimum atomic E-state index is -3.99. The molecule has 16 heteroatoms. The molecule has 1 atom stereocenters. The van der Waals surface area contributed by atoms with Gasteiger partial charge in [0, 0.05) is 63.9 Å². The molecule has 0 saturated carbocycles. The van der Waals surface area contributed by atoms with Gasteiger partial charge < -0.3 is 29.4 Å². The fraction of sp³-hybridized carbons (Fsp3) is 0.372. The second-order valence-electron chi connectivity index (χ2n) is 14.7. The second-order valence-corrected chi connectivity index (χ2v) is 17.8. The predicted molar refractivity (Wildman–Crippen MR) is 216 cm³/mol. The van der Waals surface area contributed by atoms with Crippen molar-refractivity contribution in [3.8, 4) is 0 Å². The first kappa shape index (κ1) is 42.5. The average molecular weight is 859 g/mol. The maximum absolute atomic E-state index is 17.2. The number of rotatable bonds is 17. The van der Waals surface area contributed by atoms with Crippen molar-refractivity contribution in [2.75, 3.05) is 69.9 Å². The number of carboxylic acid groups (broad SMARTS) is 1. The van der Waals surface area contributed by atoms with Gasteiger partial charge >= 0.3 is 5.97 Å². The van der Waals surface area contributed by atoms with Crippen LogP contribution < -0.4 is 20.8 Å². The maximum Gasteiger partial charge on any atom is 0.339 e. The standard InChI is InChI=1S/C43H42ClF5N3O6P/c44-14-6-1-2-7-16-57-18-19-58-17-15-50-42(53)38-39(47)36(37(43(54)55)40(48)41(38)49)35-31-12-10-28(51-22-26(45)23-51)20-33(31)59(56,30-8-4-3-5-9-30)34-21-29(11-13-32(34)35)52-24-27(46)25-52/h3-5,8-13,20-21,26-27H,1-2,6-7,14-19,22-25H2,(H-,50,53,54,55)/p+1. The molecule has 0 radical (unpaired) electrons. The highest BCUT2D eigenvalue weighted by Gasteiger charge is 2.46. The van der Waals surface area contributed by atoms with Gasteiger partial charge in [-0.15, -0.1) is 11.6 Å². The van der Waals surface area contributed by atoms with Crippen LogP contribution in [0.3, 0.4) is 0 Å². The van der Waals surface area contributed by atoms with Crippen LogP contribution in [-0.2, 0) is 14.0 Å². The molecule has 2 fully saturated rings. The van der Waals surface area contributed by atoms with Gasteiger partial charge in [-0.3, -0.25) is 4.79 Å². The van der Waals surface area contributed by atoms with Crippen molar-refractivity contribution in [2.24, 2.45) is 0 Å². The molecule has 0 bridgehead atoms. The lowest BCUT2D eigenvalue weighted by molar-refractivity contribution is -0.599. The summed E-state index contributed by atoms with van der Waals surface area (Å²) >= 11 is 5.68. The van der Waals surface area contributed by atoms with Gasteiger partial charge in [0.2, 0.25) is 11.9 Å². The van der Waals surface area contributed by atoms with Gasteiger partial charge in [0.05, 0.1) is 32.9 Å². The fourth-order valence-corrected chi connectivity index (χ4v) is 11.0. The number of halogens is 6. The molecular weight excluding hydrogens is 816 g/mol. The number of hydrogen-bond acceptors (Lipinski definition) is 6. The molecule has 3 aromatic carbocycles. The number of anilines is 1. The average Bonchev–Trinajstić information content (AvgIpc) is 3.20. The number of amides is 1. The number of carbonyl (C=O) groups is 2. The first-order chi connectivity index (χ1) is 28.4. The number of unbranched alkanes of at least 4 members (excludes halogenated alkanes) is 3. The Morgan fingerprint density at radius 2 is 1.56 bits per heavy atom. The Bertz CT molecular complexity index is 2310. The summed E-state index contributed by atoms with van der Waals surface area (Å²) in [5.41, 5.74) is -2.88. The van der Waals surface area contributed by atoms with E-state index >= 15 is 17.7 Å². The zero-order valence-corrected chi connectivity index (χ0v) is 33.7. The van der Waals surface area contributed by atoms with Gasteiger partial charge in [-0.25, -0.2) is 31.3 Å². The second kappa shape index (κ2) is 18.3. The molecule has 3 heterocycles. The number of allylic oxidation sites excluding steroid dienone is 5. The summed E-state index contributed by atoms with van der Waals surface area (Å²) in [6.45, 7) is 0.914. The molecule has 1 unspecified atom stereocenters. The Hall–Kier alpha value is -4.62. The van der Waals surface area contributed by atoms with Gasteiger partial charge in [-0.05, 0) is 42.2 Å². The zero-order chi connectivity index (χ0) is 41.8. The number of carbonyl (C=O) groups excluding carboxylic acids is 1. The summed E-state index contributed by atoms with van der Waals surface area (Å²) in [5, 5.41) is 13.3. The summed E-state index contributed by atoms with van der Waals surface area (Å²) in [6.07, 6.45) is 6.21. The van der Waals surface area contributed by atoms with E-state index in [1.54, 1.807) is 64.1 Å². The SMILES string of the molecule is O=C(NCCOCCOCCCCCCCl)c1c(F)c(F)c(C(=O)O)c(C2=C3C=CC(=[N+]4CC(F)C4)C=C3P(=O)(c3ccccc3)c3cc(N4CC(F)C4)ccc32)c1F. The number of ether oxygens (including phenoxy) is 2. The van der Waals surface area contributed by atoms with Crippen molar-refractivity contribution in [1.29, 1.82) is 0 Å². The third-order valence-electron chi connectivity index (χ3n) is 10.8. The summed E-state index contributed by atoms with van der Waals surface area (Å²) in [4.78, 5) is 28.0. The van der Waals surface area contributed by atoms with Crippen molar-refractivity contribution in [3.63, 3.8) is 0 Å². The van der Waals surface area contributed by atoms with E-state index in [1.165, 1.54) is 12.1 Å². The summed E-state index contributed by atoms with van der Waals surface area (Å²) in [6, 6.07) is 13.0. The molecule has 1 aliphatic carbocycles. The lowest BCUT2D eigenvalue weighted by Crippen LogP contribution is -2.48. The van der Waals surface area contributed by atoms with Crippen molar-refractivity contribution in [3.05, 3.63) is 117 Å². The molecule has 4 aliphatic rings. The normalized spacial score (nSPS) is 19.9. The zero-order valence-electron chi connectivity index (χ0n) is 32.0. The van der Waals surface area contributed by atoms with E-state index in [1.807, 2.05) is 0 Å². The summed E-state index contributed by atoms with van der Waals surface area (Å²) < 4.78 is 106. The summed E-state index contributed by atoms with van der Waals surface area (Å²) in [5.74, 6) is -8.38. The van der Waals surface area contributed by atoms with Crippen molar-refractivity contribution in [2.45, 2.75) is 38.0 Å². The molecule has 312 valence electrons. The molecule has 3 aliphatic heterocycles. The van der Waals surface area contributed by atoms with E-state index in [9.17, 15) is 23.5 Å². The van der Waals surface area contributed by atoms with Crippen LogP contribution in [0.15, 0.2) is 77.6 Å². The molecule has 7 rings (SSSR count). The Balaban J connectivity index is 1.29. The number of alkyl halides is 3. The van der Waals surface area contributed by atoms with Crippen molar-refractivity contribution in [1.82, 2.24) is 5.32 Å². The number of nitrogens with zero attached hydrogens (tertiary/aromatic N) is 2. The first-order valence-corrected chi connectivity index (χ1v) is 21.7. The van der Waals surface area contributed by atoms with E-state index in [4.69, 9.17) is 21.1 Å². The quantitative estimate of drug-likeness (QED) is 0.0380. The topological polar surface area (TPSA) is 108 Å². The smallest absolute Gasteiger partial charge is 0.339 e. The van der Waals surface area contributed by atoms with Gasteiger partial charge in [-0.2, -0.15) is 0 Å². The molecule has 3 aromatic rings. The fourth-order valence-electron chi connectivity index (χ4n) is 7.70. The van der Waals surface area contributed by atoms with E-state index in [0.29, 0.717) is 29.2 Å². The first-order valence-electron chi connectivity index (χ1n) is 19.5. The van der Waals surface area contributed by atoms with Crippen LogP contribution in [-0.4, -0.2) is 105 Å². The maximum atomic E-state index is 17.2. The van der Waals surface area contributed by atoms with Gasteiger partial charge in [-0.1, -0.05) is 49.2 Å². The van der Waals surface area contributed by atoms with Gasteiger partial charge in [0.1, 0.15) is 23.1 Å². The third-order valence-corrected chi connectivity index (χ3v) is 14.2. The highest BCUT2D eigenvalue weighted by atomic mass is 35.5. The molecule has 0 aromatic heterocycles. The highest BCUT2D eigenvalue weighted by Crippen LogP contribution is 2.62. The Labute approximate surface area is 343 Å².